The summed E-state index contributed by atoms with van der Waals surface area (Å²) in [6.07, 6.45) is 0. The molecule has 0 N–H and O–H groups in total. The molecule has 0 atom stereocenters. The van der Waals surface area contributed by atoms with Crippen LogP contribution < -0.4 is 0 Å². The van der Waals surface area contributed by atoms with Crippen molar-refractivity contribution in [1.82, 2.24) is 4.57 Å². The van der Waals surface area contributed by atoms with Gasteiger partial charge in [-0.15, -0.1) is 11.3 Å². The van der Waals surface area contributed by atoms with Crippen molar-refractivity contribution in [2.45, 2.75) is 0 Å². The van der Waals surface area contributed by atoms with Gasteiger partial charge in [-0.1, -0.05) is 76.6 Å². The minimum absolute atomic E-state index is 1.10. The molecule has 0 aliphatic rings. The second kappa shape index (κ2) is 7.31. The average Bonchev–Trinajstić information content (AvgIpc) is 3.39. The monoisotopic (exact) mass is 503 g/mol. The topological polar surface area (TPSA) is 4.93 Å². The van der Waals surface area contributed by atoms with E-state index in [-0.39, 0.29) is 0 Å². The number of aromatic nitrogens is 1. The summed E-state index contributed by atoms with van der Waals surface area (Å²) in [6, 6.07) is 39.7. The molecule has 0 unspecified atom stereocenters. The molecule has 7 aromatic rings. The van der Waals surface area contributed by atoms with Crippen LogP contribution in [-0.4, -0.2) is 4.57 Å². The van der Waals surface area contributed by atoms with Crippen molar-refractivity contribution < 1.29 is 0 Å². The van der Waals surface area contributed by atoms with E-state index in [4.69, 9.17) is 0 Å². The van der Waals surface area contributed by atoms with Crippen LogP contribution in [0.25, 0.3) is 58.8 Å². The molecule has 0 radical (unpaired) electrons. The van der Waals surface area contributed by atoms with E-state index in [1.165, 1.54) is 58.8 Å². The van der Waals surface area contributed by atoms with Gasteiger partial charge in [-0.05, 0) is 59.7 Å². The van der Waals surface area contributed by atoms with Gasteiger partial charge in [0.25, 0.3) is 0 Å². The fourth-order valence-corrected chi connectivity index (χ4v) is 6.27. The van der Waals surface area contributed by atoms with Gasteiger partial charge in [0.1, 0.15) is 0 Å². The number of hydrogen-bond donors (Lipinski definition) is 0. The lowest BCUT2D eigenvalue weighted by atomic mass is 10.0. The lowest BCUT2D eigenvalue weighted by molar-refractivity contribution is 1.19. The average molecular weight is 504 g/mol. The van der Waals surface area contributed by atoms with Gasteiger partial charge in [0.15, 0.2) is 0 Å². The van der Waals surface area contributed by atoms with Crippen LogP contribution >= 0.6 is 27.3 Å². The van der Waals surface area contributed by atoms with Crippen molar-refractivity contribution in [2.24, 2.45) is 0 Å². The number of rotatable bonds is 2. The van der Waals surface area contributed by atoms with Gasteiger partial charge in [-0.25, -0.2) is 0 Å². The molecule has 0 saturated heterocycles. The highest BCUT2D eigenvalue weighted by Gasteiger charge is 2.14. The Labute approximate surface area is 203 Å². The Kier molecular flexibility index (Phi) is 4.23. The Morgan fingerprint density at radius 3 is 2.09 bits per heavy atom. The summed E-state index contributed by atoms with van der Waals surface area (Å²) in [7, 11) is 0. The molecule has 156 valence electrons. The second-order valence-electron chi connectivity index (χ2n) is 8.37. The number of thiophene rings is 1. The Morgan fingerprint density at radius 2 is 1.21 bits per heavy atom. The maximum atomic E-state index is 3.55. The summed E-state index contributed by atoms with van der Waals surface area (Å²) < 4.78 is 6.18. The van der Waals surface area contributed by atoms with Gasteiger partial charge in [-0.2, -0.15) is 0 Å². The normalized spacial score (nSPS) is 11.8. The highest BCUT2D eigenvalue weighted by Crippen LogP contribution is 2.38. The number of benzene rings is 5. The highest BCUT2D eigenvalue weighted by atomic mass is 79.9. The van der Waals surface area contributed by atoms with E-state index in [0.29, 0.717) is 0 Å². The van der Waals surface area contributed by atoms with E-state index in [9.17, 15) is 0 Å². The standard InChI is InChI=1S/C30H18BrNS/c31-21-12-9-19(10-13-21)20-11-15-24-23-5-1-3-7-27(23)32(28(24)17-20)22-14-16-30-26(18-22)25-6-2-4-8-29(25)33-30/h1-18H. The molecular formula is C30H18BrNS. The van der Waals surface area contributed by atoms with Crippen molar-refractivity contribution in [1.29, 1.82) is 0 Å². The molecular weight excluding hydrogens is 486 g/mol. The minimum atomic E-state index is 1.10. The molecule has 7 rings (SSSR count). The van der Waals surface area contributed by atoms with Crippen LogP contribution in [0.1, 0.15) is 0 Å². The number of fused-ring (bicyclic) bond motifs is 6. The third-order valence-electron chi connectivity index (χ3n) is 6.47. The fourth-order valence-electron chi connectivity index (χ4n) is 4.92. The summed E-state index contributed by atoms with van der Waals surface area (Å²) in [5.74, 6) is 0. The molecule has 0 aliphatic heterocycles. The zero-order valence-corrected chi connectivity index (χ0v) is 20.0. The van der Waals surface area contributed by atoms with Crippen molar-refractivity contribution >= 4 is 69.2 Å². The van der Waals surface area contributed by atoms with Gasteiger partial charge < -0.3 is 4.57 Å². The first-order chi connectivity index (χ1) is 16.3. The fraction of sp³-hybridized carbons (Fsp3) is 0. The van der Waals surface area contributed by atoms with Crippen LogP contribution in [-0.2, 0) is 0 Å². The predicted molar refractivity (Wildman–Crippen MR) is 147 cm³/mol. The molecule has 0 amide bonds. The maximum Gasteiger partial charge on any atom is 0.0547 e. The lowest BCUT2D eigenvalue weighted by Gasteiger charge is -2.10. The number of para-hydroxylation sites is 1. The SMILES string of the molecule is Brc1ccc(-c2ccc3c4ccccc4n(-c4ccc5sc6ccccc6c5c4)c3c2)cc1. The summed E-state index contributed by atoms with van der Waals surface area (Å²) >= 11 is 5.42. The van der Waals surface area contributed by atoms with E-state index in [2.05, 4.69) is 130 Å². The van der Waals surface area contributed by atoms with E-state index in [1.807, 2.05) is 11.3 Å². The molecule has 2 heterocycles. The Balaban J connectivity index is 1.54. The quantitative estimate of drug-likeness (QED) is 0.221. The summed E-state index contributed by atoms with van der Waals surface area (Å²) in [4.78, 5) is 0. The Hall–Kier alpha value is -3.40. The smallest absolute Gasteiger partial charge is 0.0547 e. The molecule has 3 heteroatoms. The largest absolute Gasteiger partial charge is 0.309 e. The first-order valence-corrected chi connectivity index (χ1v) is 12.6. The Morgan fingerprint density at radius 1 is 0.515 bits per heavy atom. The minimum Gasteiger partial charge on any atom is -0.309 e. The van der Waals surface area contributed by atoms with Crippen LogP contribution in [0.5, 0.6) is 0 Å². The third-order valence-corrected chi connectivity index (χ3v) is 8.15. The van der Waals surface area contributed by atoms with Crippen LogP contribution in [0.3, 0.4) is 0 Å². The summed E-state index contributed by atoms with van der Waals surface area (Å²) in [5, 5.41) is 5.21. The van der Waals surface area contributed by atoms with E-state index >= 15 is 0 Å². The molecule has 0 bridgehead atoms. The van der Waals surface area contributed by atoms with Crippen LogP contribution in [0.2, 0.25) is 0 Å². The maximum absolute atomic E-state index is 3.55. The van der Waals surface area contributed by atoms with E-state index in [0.717, 1.165) is 4.47 Å². The van der Waals surface area contributed by atoms with Gasteiger partial charge in [0, 0.05) is 41.1 Å². The van der Waals surface area contributed by atoms with Gasteiger partial charge in [0.2, 0.25) is 0 Å². The molecule has 1 nitrogen and oxygen atoms in total. The van der Waals surface area contributed by atoms with Gasteiger partial charge in [0.05, 0.1) is 11.0 Å². The number of hydrogen-bond acceptors (Lipinski definition) is 1. The molecule has 0 saturated carbocycles. The second-order valence-corrected chi connectivity index (χ2v) is 10.4. The first-order valence-electron chi connectivity index (χ1n) is 11.0. The van der Waals surface area contributed by atoms with Crippen molar-refractivity contribution in [2.75, 3.05) is 0 Å². The molecule has 0 spiro atoms. The number of nitrogens with zero attached hydrogens (tertiary/aromatic N) is 1. The van der Waals surface area contributed by atoms with Crippen LogP contribution in [0.4, 0.5) is 0 Å². The first kappa shape index (κ1) is 19.1. The van der Waals surface area contributed by atoms with E-state index < -0.39 is 0 Å². The van der Waals surface area contributed by atoms with Gasteiger partial charge in [-0.3, -0.25) is 0 Å². The van der Waals surface area contributed by atoms with Crippen LogP contribution in [0, 0.1) is 0 Å². The zero-order valence-electron chi connectivity index (χ0n) is 17.6. The Bertz CT molecular complexity index is 1820. The molecule has 2 aromatic heterocycles. The zero-order chi connectivity index (χ0) is 21.9. The van der Waals surface area contributed by atoms with E-state index in [1.54, 1.807) is 0 Å². The lowest BCUT2D eigenvalue weighted by Crippen LogP contribution is -1.93. The van der Waals surface area contributed by atoms with Crippen molar-refractivity contribution in [3.05, 3.63) is 114 Å². The molecule has 5 aromatic carbocycles. The van der Waals surface area contributed by atoms with Gasteiger partial charge >= 0.3 is 0 Å². The summed E-state index contributed by atoms with van der Waals surface area (Å²) in [6.45, 7) is 0. The molecule has 0 aliphatic carbocycles. The molecule has 0 fully saturated rings. The summed E-state index contributed by atoms with van der Waals surface area (Å²) in [5.41, 5.74) is 6.11. The highest BCUT2D eigenvalue weighted by molar-refractivity contribution is 9.10. The molecule has 33 heavy (non-hydrogen) atoms. The van der Waals surface area contributed by atoms with Crippen molar-refractivity contribution in [3.63, 3.8) is 0 Å². The number of halogens is 1. The predicted octanol–water partition coefficient (Wildman–Crippen LogP) is 9.58. The third kappa shape index (κ3) is 2.97. The van der Waals surface area contributed by atoms with Crippen molar-refractivity contribution in [3.8, 4) is 16.8 Å². The van der Waals surface area contributed by atoms with Crippen LogP contribution in [0.15, 0.2) is 114 Å².